The van der Waals surface area contributed by atoms with Crippen LogP contribution in [-0.4, -0.2) is 36.7 Å². The second-order valence-electron chi connectivity index (χ2n) is 5.84. The molecule has 3 heterocycles. The highest BCUT2D eigenvalue weighted by Gasteiger charge is 2.17. The van der Waals surface area contributed by atoms with Crippen LogP contribution in [0.25, 0.3) is 16.2 Å². The van der Waals surface area contributed by atoms with Crippen molar-refractivity contribution in [2.24, 2.45) is 0 Å². The summed E-state index contributed by atoms with van der Waals surface area (Å²) < 4.78 is 1.58. The number of amides is 1. The number of nitrogens with one attached hydrogen (secondary N) is 2. The highest BCUT2D eigenvalue weighted by atomic mass is 35.5. The van der Waals surface area contributed by atoms with Gasteiger partial charge in [-0.3, -0.25) is 14.9 Å². The Kier molecular flexibility index (Phi) is 5.59. The van der Waals surface area contributed by atoms with E-state index >= 15 is 0 Å². The third-order valence-electron chi connectivity index (χ3n) is 3.82. The van der Waals surface area contributed by atoms with Crippen LogP contribution < -0.4 is 10.9 Å². The van der Waals surface area contributed by atoms with Crippen molar-refractivity contribution >= 4 is 63.1 Å². The number of fused-ring (bicyclic) bond motifs is 1. The van der Waals surface area contributed by atoms with Gasteiger partial charge in [-0.2, -0.15) is 16.7 Å². The van der Waals surface area contributed by atoms with Gasteiger partial charge in [-0.1, -0.05) is 23.2 Å². The molecule has 0 unspecified atom stereocenters. The number of nitrogens with zero attached hydrogens (tertiary/aromatic N) is 4. The van der Waals surface area contributed by atoms with E-state index in [1.807, 2.05) is 11.6 Å². The van der Waals surface area contributed by atoms with E-state index in [1.54, 1.807) is 22.7 Å². The Morgan fingerprint density at radius 2 is 2.14 bits per heavy atom. The van der Waals surface area contributed by atoms with E-state index in [0.717, 1.165) is 17.3 Å². The number of benzene rings is 1. The Bertz CT molecular complexity index is 1280. The van der Waals surface area contributed by atoms with Crippen molar-refractivity contribution in [2.45, 2.75) is 5.75 Å². The number of thioether (sulfide) groups is 1. The molecule has 0 fully saturated rings. The van der Waals surface area contributed by atoms with Crippen molar-refractivity contribution < 1.29 is 4.79 Å². The summed E-state index contributed by atoms with van der Waals surface area (Å²) in [5, 5.41) is 9.79. The number of anilines is 1. The van der Waals surface area contributed by atoms with E-state index in [2.05, 4.69) is 25.4 Å². The van der Waals surface area contributed by atoms with Crippen LogP contribution in [0.15, 0.2) is 34.4 Å². The van der Waals surface area contributed by atoms with E-state index in [-0.39, 0.29) is 11.6 Å². The minimum atomic E-state index is -0.567. The standard InChI is InChI=1S/C17H12Cl2N6O2S2/c1-28-7-13-20-11(5-14(26)21-13)15(27)22-16-23-17-25(24-16)12(6-29-17)9-3-2-8(18)4-10(9)19/h2-6H,7H2,1H3,(H,20,21,26)(H,22,24,27). The Hall–Kier alpha value is -2.40. The van der Waals surface area contributed by atoms with E-state index in [1.165, 1.54) is 23.1 Å². The van der Waals surface area contributed by atoms with Crippen molar-refractivity contribution in [2.75, 3.05) is 11.6 Å². The van der Waals surface area contributed by atoms with Gasteiger partial charge in [-0.05, 0) is 24.5 Å². The lowest BCUT2D eigenvalue weighted by Crippen LogP contribution is -2.20. The molecule has 0 atom stereocenters. The van der Waals surface area contributed by atoms with Crippen molar-refractivity contribution in [3.05, 3.63) is 61.6 Å². The van der Waals surface area contributed by atoms with Crippen LogP contribution in [0.3, 0.4) is 0 Å². The van der Waals surface area contributed by atoms with Gasteiger partial charge < -0.3 is 4.98 Å². The topological polar surface area (TPSA) is 105 Å². The number of rotatable bonds is 5. The molecule has 0 bridgehead atoms. The van der Waals surface area contributed by atoms with Crippen LogP contribution in [0, 0.1) is 0 Å². The lowest BCUT2D eigenvalue weighted by Gasteiger charge is -2.03. The van der Waals surface area contributed by atoms with E-state index in [0.29, 0.717) is 26.6 Å². The molecular formula is C17H12Cl2N6O2S2. The van der Waals surface area contributed by atoms with Gasteiger partial charge in [0, 0.05) is 22.0 Å². The largest absolute Gasteiger partial charge is 0.310 e. The Labute approximate surface area is 182 Å². The highest BCUT2D eigenvalue weighted by Crippen LogP contribution is 2.33. The summed E-state index contributed by atoms with van der Waals surface area (Å²) in [7, 11) is 0. The number of hydrogen-bond donors (Lipinski definition) is 2. The van der Waals surface area contributed by atoms with E-state index in [9.17, 15) is 9.59 Å². The fraction of sp³-hybridized carbons (Fsp3) is 0.118. The van der Waals surface area contributed by atoms with Gasteiger partial charge in [-0.25, -0.2) is 9.50 Å². The summed E-state index contributed by atoms with van der Waals surface area (Å²) >= 11 is 15.1. The molecule has 8 nitrogen and oxygen atoms in total. The zero-order valence-electron chi connectivity index (χ0n) is 14.8. The highest BCUT2D eigenvalue weighted by molar-refractivity contribution is 7.97. The van der Waals surface area contributed by atoms with Crippen molar-refractivity contribution in [3.63, 3.8) is 0 Å². The molecule has 0 aliphatic carbocycles. The van der Waals surface area contributed by atoms with Crippen molar-refractivity contribution in [1.82, 2.24) is 24.6 Å². The third-order valence-corrected chi connectivity index (χ3v) is 5.74. The second kappa shape index (κ2) is 8.15. The summed E-state index contributed by atoms with van der Waals surface area (Å²) in [6, 6.07) is 6.30. The molecule has 0 saturated carbocycles. The molecule has 0 saturated heterocycles. The molecule has 1 aromatic carbocycles. The van der Waals surface area contributed by atoms with Crippen LogP contribution in [0.1, 0.15) is 16.3 Å². The molecule has 0 radical (unpaired) electrons. The Morgan fingerprint density at radius 3 is 2.90 bits per heavy atom. The zero-order valence-corrected chi connectivity index (χ0v) is 17.9. The van der Waals surface area contributed by atoms with Gasteiger partial charge in [0.15, 0.2) is 0 Å². The first kappa shape index (κ1) is 19.9. The molecule has 4 aromatic rings. The predicted octanol–water partition coefficient (Wildman–Crippen LogP) is 3.96. The summed E-state index contributed by atoms with van der Waals surface area (Å²) in [6.07, 6.45) is 1.87. The second-order valence-corrected chi connectivity index (χ2v) is 8.39. The minimum absolute atomic E-state index is 0.00285. The van der Waals surface area contributed by atoms with Crippen molar-refractivity contribution in [3.8, 4) is 11.3 Å². The first-order valence-electron chi connectivity index (χ1n) is 8.15. The van der Waals surface area contributed by atoms with Crippen LogP contribution in [0.5, 0.6) is 0 Å². The molecule has 0 spiro atoms. The van der Waals surface area contributed by atoms with Crippen LogP contribution in [-0.2, 0) is 5.75 Å². The summed E-state index contributed by atoms with van der Waals surface area (Å²) in [5.74, 6) is 0.443. The third kappa shape index (κ3) is 4.15. The van der Waals surface area contributed by atoms with Gasteiger partial charge in [0.2, 0.25) is 4.96 Å². The summed E-state index contributed by atoms with van der Waals surface area (Å²) in [4.78, 5) is 35.9. The lowest BCUT2D eigenvalue weighted by atomic mass is 10.2. The number of aromatic amines is 1. The predicted molar refractivity (Wildman–Crippen MR) is 116 cm³/mol. The minimum Gasteiger partial charge on any atom is -0.310 e. The van der Waals surface area contributed by atoms with Gasteiger partial charge in [0.25, 0.3) is 17.4 Å². The number of carbonyl (C=O) groups is 1. The number of thiazole rings is 1. The number of hydrogen-bond acceptors (Lipinski definition) is 7. The molecule has 148 valence electrons. The summed E-state index contributed by atoms with van der Waals surface area (Å²) in [6.45, 7) is 0. The van der Waals surface area contributed by atoms with Crippen LogP contribution in [0.4, 0.5) is 5.95 Å². The molecule has 3 aromatic heterocycles. The normalized spacial score (nSPS) is 11.1. The molecule has 29 heavy (non-hydrogen) atoms. The molecule has 2 N–H and O–H groups in total. The van der Waals surface area contributed by atoms with Crippen LogP contribution in [0.2, 0.25) is 10.0 Å². The molecule has 4 rings (SSSR count). The number of aromatic nitrogens is 5. The number of halogens is 2. The Balaban J connectivity index is 1.64. The van der Waals surface area contributed by atoms with Gasteiger partial charge >= 0.3 is 0 Å². The average molecular weight is 467 g/mol. The molecule has 1 amide bonds. The summed E-state index contributed by atoms with van der Waals surface area (Å²) in [5.41, 5.74) is 1.06. The van der Waals surface area contributed by atoms with E-state index in [4.69, 9.17) is 23.2 Å². The monoisotopic (exact) mass is 466 g/mol. The maximum atomic E-state index is 12.5. The lowest BCUT2D eigenvalue weighted by molar-refractivity contribution is 0.102. The van der Waals surface area contributed by atoms with E-state index < -0.39 is 11.5 Å². The van der Waals surface area contributed by atoms with Gasteiger partial charge in [0.1, 0.15) is 11.5 Å². The van der Waals surface area contributed by atoms with Gasteiger partial charge in [-0.15, -0.1) is 16.4 Å². The maximum absolute atomic E-state index is 12.5. The molecule has 12 heteroatoms. The fourth-order valence-electron chi connectivity index (χ4n) is 2.61. The quantitative estimate of drug-likeness (QED) is 0.460. The van der Waals surface area contributed by atoms with Crippen molar-refractivity contribution in [1.29, 1.82) is 0 Å². The molecular weight excluding hydrogens is 455 g/mol. The smallest absolute Gasteiger partial charge is 0.276 e. The number of H-pyrrole nitrogens is 1. The first-order chi connectivity index (χ1) is 13.9. The fourth-order valence-corrected chi connectivity index (χ4v) is 4.35. The zero-order chi connectivity index (χ0) is 20.5. The van der Waals surface area contributed by atoms with Crippen LogP contribution >= 0.6 is 46.3 Å². The number of carbonyl (C=O) groups excluding carboxylic acids is 1. The van der Waals surface area contributed by atoms with Gasteiger partial charge in [0.05, 0.1) is 16.5 Å². The Morgan fingerprint density at radius 1 is 1.31 bits per heavy atom. The average Bonchev–Trinajstić information content (AvgIpc) is 3.22. The SMILES string of the molecule is CSCc1nc(C(=O)Nc2nc3scc(-c4ccc(Cl)cc4Cl)n3n2)cc(=O)[nH]1. The maximum Gasteiger partial charge on any atom is 0.276 e. The first-order valence-corrected chi connectivity index (χ1v) is 11.2. The molecule has 0 aliphatic rings. The molecule has 0 aliphatic heterocycles.